The number of aliphatic imine (C=N–C) groups is 1. The molecule has 2 heterocycles. The van der Waals surface area contributed by atoms with E-state index < -0.39 is 6.04 Å². The molecule has 0 saturated carbocycles. The summed E-state index contributed by atoms with van der Waals surface area (Å²) >= 11 is 0. The van der Waals surface area contributed by atoms with Gasteiger partial charge in [0.05, 0.1) is 12.2 Å². The summed E-state index contributed by atoms with van der Waals surface area (Å²) in [6.45, 7) is 2.76. The molecule has 0 saturated heterocycles. The van der Waals surface area contributed by atoms with Crippen LogP contribution < -0.4 is 15.0 Å². The second-order valence-electron chi connectivity index (χ2n) is 5.96. The Morgan fingerprint density at radius 1 is 1.42 bits per heavy atom. The van der Waals surface area contributed by atoms with Gasteiger partial charge in [0.2, 0.25) is 0 Å². The number of benzene rings is 1. The highest BCUT2D eigenvalue weighted by molar-refractivity contribution is 6.44. The molecule has 0 aromatic heterocycles. The van der Waals surface area contributed by atoms with Gasteiger partial charge in [-0.25, -0.2) is 0 Å². The summed E-state index contributed by atoms with van der Waals surface area (Å²) in [6.07, 6.45) is 3.78. The van der Waals surface area contributed by atoms with Crippen molar-refractivity contribution in [2.45, 2.75) is 25.8 Å². The van der Waals surface area contributed by atoms with Gasteiger partial charge in [-0.15, -0.1) is 0 Å². The van der Waals surface area contributed by atoms with Crippen LogP contribution in [0.2, 0.25) is 0 Å². The Hall–Kier alpha value is -2.63. The van der Waals surface area contributed by atoms with E-state index in [-0.39, 0.29) is 18.4 Å². The average Bonchev–Trinajstić information content (AvgIpc) is 3.02. The fourth-order valence-corrected chi connectivity index (χ4v) is 2.87. The van der Waals surface area contributed by atoms with Crippen molar-refractivity contribution in [2.24, 2.45) is 4.99 Å². The van der Waals surface area contributed by atoms with E-state index in [0.717, 1.165) is 18.4 Å². The molecule has 0 unspecified atom stereocenters. The lowest BCUT2D eigenvalue weighted by atomic mass is 10.1. The molecule has 0 radical (unpaired) electrons. The number of para-hydroxylation sites is 2. The van der Waals surface area contributed by atoms with Crippen LogP contribution in [0.3, 0.4) is 0 Å². The second-order valence-corrected chi connectivity index (χ2v) is 5.96. The van der Waals surface area contributed by atoms with E-state index in [0.29, 0.717) is 23.7 Å². The minimum Gasteiger partial charge on any atom is -0.489 e. The van der Waals surface area contributed by atoms with Gasteiger partial charge < -0.3 is 15.0 Å². The van der Waals surface area contributed by atoms with E-state index >= 15 is 0 Å². The lowest BCUT2D eigenvalue weighted by Crippen LogP contribution is -2.50. The Labute approximate surface area is 141 Å². The minimum atomic E-state index is -0.735. The number of ether oxygens (including phenoxy) is 1. The van der Waals surface area contributed by atoms with Crippen LogP contribution >= 0.6 is 0 Å². The minimum absolute atomic E-state index is 0.102. The number of hydrogen-bond acceptors (Lipinski definition) is 4. The lowest BCUT2D eigenvalue weighted by molar-refractivity contribution is -0.124. The monoisotopic (exact) mass is 327 g/mol. The lowest BCUT2D eigenvalue weighted by Gasteiger charge is -2.20. The number of rotatable bonds is 4. The highest BCUT2D eigenvalue weighted by Gasteiger charge is 2.31. The molecule has 2 aliphatic rings. The van der Waals surface area contributed by atoms with Crippen molar-refractivity contribution in [3.05, 3.63) is 35.9 Å². The van der Waals surface area contributed by atoms with Gasteiger partial charge in [-0.2, -0.15) is 0 Å². The molecule has 1 aromatic rings. The summed E-state index contributed by atoms with van der Waals surface area (Å²) in [6, 6.07) is 6.59. The predicted molar refractivity (Wildman–Crippen MR) is 92.6 cm³/mol. The largest absolute Gasteiger partial charge is 0.489 e. The van der Waals surface area contributed by atoms with Crippen LogP contribution in [-0.4, -0.2) is 43.8 Å². The zero-order valence-electron chi connectivity index (χ0n) is 13.9. The Morgan fingerprint density at radius 2 is 2.21 bits per heavy atom. The van der Waals surface area contributed by atoms with Crippen molar-refractivity contribution < 1.29 is 14.3 Å². The van der Waals surface area contributed by atoms with E-state index in [1.165, 1.54) is 4.90 Å². The fourth-order valence-electron chi connectivity index (χ4n) is 2.87. The maximum Gasteiger partial charge on any atom is 0.270 e. The van der Waals surface area contributed by atoms with Crippen LogP contribution in [0.5, 0.6) is 5.75 Å². The number of nitrogens with zero attached hydrogens (tertiary/aromatic N) is 2. The first-order valence-corrected chi connectivity index (χ1v) is 8.14. The SMILES string of the molecule is CCCC1=CC(C(=O)N[C@H]2COc3ccccc3N(C)C2=O)=NC1. The number of fused-ring (bicyclic) bond motifs is 1. The van der Waals surface area contributed by atoms with Gasteiger partial charge in [0.15, 0.2) is 0 Å². The molecule has 6 heteroatoms. The fraction of sp³-hybridized carbons (Fsp3) is 0.389. The van der Waals surface area contributed by atoms with E-state index in [1.807, 2.05) is 30.3 Å². The quantitative estimate of drug-likeness (QED) is 0.915. The Kier molecular flexibility index (Phi) is 4.64. The van der Waals surface area contributed by atoms with Crippen LogP contribution in [0.15, 0.2) is 40.9 Å². The first-order valence-electron chi connectivity index (χ1n) is 8.14. The first-order chi connectivity index (χ1) is 11.6. The van der Waals surface area contributed by atoms with Gasteiger partial charge in [-0.1, -0.05) is 25.5 Å². The van der Waals surface area contributed by atoms with Crippen LogP contribution in [0.4, 0.5) is 5.69 Å². The predicted octanol–water partition coefficient (Wildman–Crippen LogP) is 1.71. The molecule has 0 bridgehead atoms. The third kappa shape index (κ3) is 3.18. The standard InChI is InChI=1S/C18H21N3O3/c1-3-6-12-9-13(19-10-12)17(22)20-14-11-24-16-8-5-4-7-15(16)21(2)18(14)23/h4-5,7-9,14H,3,6,10-11H2,1-2H3,(H,20,22)/t14-/m0/s1. The summed E-state index contributed by atoms with van der Waals surface area (Å²) < 4.78 is 5.69. The van der Waals surface area contributed by atoms with E-state index in [9.17, 15) is 9.59 Å². The smallest absolute Gasteiger partial charge is 0.270 e. The van der Waals surface area contributed by atoms with Gasteiger partial charge >= 0.3 is 0 Å². The van der Waals surface area contributed by atoms with Crippen LogP contribution in [0, 0.1) is 0 Å². The molecular formula is C18H21N3O3. The molecule has 3 rings (SSSR count). The highest BCUT2D eigenvalue weighted by atomic mass is 16.5. The molecule has 0 fully saturated rings. The van der Waals surface area contributed by atoms with Crippen molar-refractivity contribution >= 4 is 23.2 Å². The zero-order valence-corrected chi connectivity index (χ0v) is 13.9. The first kappa shape index (κ1) is 16.2. The summed E-state index contributed by atoms with van der Waals surface area (Å²) in [7, 11) is 1.68. The number of carbonyl (C=O) groups is 2. The summed E-state index contributed by atoms with van der Waals surface area (Å²) in [5.74, 6) is 0.0977. The second kappa shape index (κ2) is 6.86. The third-order valence-corrected chi connectivity index (χ3v) is 4.16. The van der Waals surface area contributed by atoms with Crippen molar-refractivity contribution in [1.29, 1.82) is 0 Å². The van der Waals surface area contributed by atoms with Gasteiger partial charge in [-0.05, 0) is 30.2 Å². The van der Waals surface area contributed by atoms with Crippen molar-refractivity contribution in [3.63, 3.8) is 0 Å². The molecule has 0 spiro atoms. The number of nitrogens with one attached hydrogen (secondary N) is 1. The molecule has 0 aliphatic carbocycles. The summed E-state index contributed by atoms with van der Waals surface area (Å²) in [5.41, 5.74) is 2.23. The van der Waals surface area contributed by atoms with Crippen LogP contribution in [0.25, 0.3) is 0 Å². The summed E-state index contributed by atoms with van der Waals surface area (Å²) in [5, 5.41) is 2.75. The molecule has 6 nitrogen and oxygen atoms in total. The maximum absolute atomic E-state index is 12.6. The molecule has 1 aromatic carbocycles. The third-order valence-electron chi connectivity index (χ3n) is 4.16. The Balaban J connectivity index is 1.70. The van der Waals surface area contributed by atoms with Crippen molar-refractivity contribution in [1.82, 2.24) is 5.32 Å². The Morgan fingerprint density at radius 3 is 3.00 bits per heavy atom. The van der Waals surface area contributed by atoms with E-state index in [2.05, 4.69) is 17.2 Å². The molecule has 1 atom stereocenters. The Bertz CT molecular complexity index is 724. The van der Waals surface area contributed by atoms with E-state index in [4.69, 9.17) is 4.74 Å². The van der Waals surface area contributed by atoms with Gasteiger partial charge in [-0.3, -0.25) is 14.6 Å². The van der Waals surface area contributed by atoms with Gasteiger partial charge in [0.25, 0.3) is 11.8 Å². The van der Waals surface area contributed by atoms with Crippen LogP contribution in [0.1, 0.15) is 19.8 Å². The molecule has 2 aliphatic heterocycles. The summed E-state index contributed by atoms with van der Waals surface area (Å²) in [4.78, 5) is 30.8. The number of carbonyl (C=O) groups excluding carboxylic acids is 2. The van der Waals surface area contributed by atoms with Gasteiger partial charge in [0.1, 0.15) is 24.1 Å². The molecular weight excluding hydrogens is 306 g/mol. The zero-order chi connectivity index (χ0) is 17.1. The number of amides is 2. The average molecular weight is 327 g/mol. The molecule has 2 amide bonds. The normalized spacial score (nSPS) is 19.8. The molecule has 1 N–H and O–H groups in total. The molecule has 126 valence electrons. The number of anilines is 1. The maximum atomic E-state index is 12.6. The van der Waals surface area contributed by atoms with Gasteiger partial charge in [0, 0.05) is 7.05 Å². The van der Waals surface area contributed by atoms with Crippen molar-refractivity contribution in [2.75, 3.05) is 25.1 Å². The van der Waals surface area contributed by atoms with Crippen LogP contribution in [-0.2, 0) is 9.59 Å². The van der Waals surface area contributed by atoms with Crippen molar-refractivity contribution in [3.8, 4) is 5.75 Å². The number of likely N-dealkylation sites (N-methyl/N-ethyl adjacent to an activating group) is 1. The molecule has 24 heavy (non-hydrogen) atoms. The number of hydrogen-bond donors (Lipinski definition) is 1. The topological polar surface area (TPSA) is 71.0 Å². The highest BCUT2D eigenvalue weighted by Crippen LogP contribution is 2.29. The van der Waals surface area contributed by atoms with E-state index in [1.54, 1.807) is 7.05 Å².